The number of ether oxygens (including phenoxy) is 1. The summed E-state index contributed by atoms with van der Waals surface area (Å²) in [6.07, 6.45) is 0. The average Bonchev–Trinajstić information content (AvgIpc) is 2.41. The van der Waals surface area contributed by atoms with Gasteiger partial charge < -0.3 is 15.0 Å². The van der Waals surface area contributed by atoms with E-state index in [9.17, 15) is 14.0 Å². The number of rotatable bonds is 6. The van der Waals surface area contributed by atoms with Crippen LogP contribution < -0.4 is 5.32 Å². The molecular formula is C14H19FN2O3. The predicted molar refractivity (Wildman–Crippen MR) is 73.0 cm³/mol. The average molecular weight is 282 g/mol. The molecule has 0 unspecified atom stereocenters. The molecule has 0 aromatic heterocycles. The maximum absolute atomic E-state index is 13.6. The summed E-state index contributed by atoms with van der Waals surface area (Å²) in [5.41, 5.74) is 0.755. The molecule has 0 saturated carbocycles. The van der Waals surface area contributed by atoms with Crippen molar-refractivity contribution in [1.29, 1.82) is 0 Å². The lowest BCUT2D eigenvalue weighted by atomic mass is 10.1. The van der Waals surface area contributed by atoms with E-state index in [2.05, 4.69) is 5.32 Å². The number of aryl methyl sites for hydroxylation is 1. The van der Waals surface area contributed by atoms with Gasteiger partial charge in [-0.15, -0.1) is 0 Å². The van der Waals surface area contributed by atoms with Crippen LogP contribution in [0.2, 0.25) is 0 Å². The van der Waals surface area contributed by atoms with Crippen LogP contribution in [0.3, 0.4) is 0 Å². The predicted octanol–water partition coefficient (Wildman–Crippen LogP) is 0.969. The SMILES string of the molecule is COCCNC(=O)CN(C)C(=O)c1cc(C)ccc1F. The highest BCUT2D eigenvalue weighted by Crippen LogP contribution is 2.12. The van der Waals surface area contributed by atoms with Gasteiger partial charge in [0.25, 0.3) is 5.91 Å². The summed E-state index contributed by atoms with van der Waals surface area (Å²) in [5, 5.41) is 2.60. The van der Waals surface area contributed by atoms with Crippen molar-refractivity contribution in [2.45, 2.75) is 6.92 Å². The second-order valence-corrected chi connectivity index (χ2v) is 4.49. The second-order valence-electron chi connectivity index (χ2n) is 4.49. The van der Waals surface area contributed by atoms with Crippen LogP contribution in [0.15, 0.2) is 18.2 Å². The molecule has 0 bridgehead atoms. The Morgan fingerprint density at radius 3 is 2.75 bits per heavy atom. The number of nitrogens with zero attached hydrogens (tertiary/aromatic N) is 1. The fourth-order valence-corrected chi connectivity index (χ4v) is 1.64. The summed E-state index contributed by atoms with van der Waals surface area (Å²) in [4.78, 5) is 24.8. The van der Waals surface area contributed by atoms with Gasteiger partial charge in [0.05, 0.1) is 18.7 Å². The lowest BCUT2D eigenvalue weighted by molar-refractivity contribution is -0.121. The Balaban J connectivity index is 2.62. The summed E-state index contributed by atoms with van der Waals surface area (Å²) in [6, 6.07) is 4.30. The first kappa shape index (κ1) is 16.1. The topological polar surface area (TPSA) is 58.6 Å². The molecular weight excluding hydrogens is 263 g/mol. The van der Waals surface area contributed by atoms with Crippen molar-refractivity contribution < 1.29 is 18.7 Å². The third kappa shape index (κ3) is 4.62. The summed E-state index contributed by atoms with van der Waals surface area (Å²) in [7, 11) is 2.99. The van der Waals surface area contributed by atoms with Crippen LogP contribution in [0.4, 0.5) is 4.39 Å². The Bertz CT molecular complexity index is 491. The molecule has 0 aliphatic carbocycles. The van der Waals surface area contributed by atoms with Crippen molar-refractivity contribution in [3.63, 3.8) is 0 Å². The number of hydrogen-bond acceptors (Lipinski definition) is 3. The van der Waals surface area contributed by atoms with E-state index in [1.54, 1.807) is 13.0 Å². The fraction of sp³-hybridized carbons (Fsp3) is 0.429. The first-order valence-corrected chi connectivity index (χ1v) is 6.23. The van der Waals surface area contributed by atoms with Crippen LogP contribution in [-0.2, 0) is 9.53 Å². The Hall–Kier alpha value is -1.95. The van der Waals surface area contributed by atoms with Crippen LogP contribution in [0.5, 0.6) is 0 Å². The van der Waals surface area contributed by atoms with Gasteiger partial charge in [-0.2, -0.15) is 0 Å². The maximum atomic E-state index is 13.6. The van der Waals surface area contributed by atoms with E-state index in [1.807, 2.05) is 0 Å². The van der Waals surface area contributed by atoms with Gasteiger partial charge in [0.15, 0.2) is 0 Å². The van der Waals surface area contributed by atoms with Crippen LogP contribution in [0, 0.1) is 12.7 Å². The third-order valence-electron chi connectivity index (χ3n) is 2.71. The third-order valence-corrected chi connectivity index (χ3v) is 2.71. The Morgan fingerprint density at radius 2 is 2.10 bits per heavy atom. The minimum atomic E-state index is -0.591. The van der Waals surface area contributed by atoms with E-state index < -0.39 is 11.7 Å². The standard InChI is InChI=1S/C14H19FN2O3/c1-10-4-5-12(15)11(8-10)14(19)17(2)9-13(18)16-6-7-20-3/h4-5,8H,6-7,9H2,1-3H3,(H,16,18). The minimum Gasteiger partial charge on any atom is -0.383 e. The number of benzene rings is 1. The zero-order chi connectivity index (χ0) is 15.1. The number of methoxy groups -OCH3 is 1. The lowest BCUT2D eigenvalue weighted by Gasteiger charge is -2.17. The highest BCUT2D eigenvalue weighted by Gasteiger charge is 2.18. The second kappa shape index (κ2) is 7.59. The zero-order valence-corrected chi connectivity index (χ0v) is 11.9. The van der Waals surface area contributed by atoms with E-state index in [0.717, 1.165) is 5.56 Å². The van der Waals surface area contributed by atoms with E-state index in [-0.39, 0.29) is 18.0 Å². The van der Waals surface area contributed by atoms with Crippen molar-refractivity contribution in [3.05, 3.63) is 35.1 Å². The number of nitrogens with one attached hydrogen (secondary N) is 1. The zero-order valence-electron chi connectivity index (χ0n) is 11.9. The monoisotopic (exact) mass is 282 g/mol. The molecule has 1 N–H and O–H groups in total. The normalized spacial score (nSPS) is 10.2. The van der Waals surface area contributed by atoms with E-state index >= 15 is 0 Å². The van der Waals surface area contributed by atoms with Crippen molar-refractivity contribution in [3.8, 4) is 0 Å². The lowest BCUT2D eigenvalue weighted by Crippen LogP contribution is -2.39. The van der Waals surface area contributed by atoms with Crippen molar-refractivity contribution in [2.24, 2.45) is 0 Å². The molecule has 0 spiro atoms. The summed E-state index contributed by atoms with van der Waals surface area (Å²) in [5.74, 6) is -1.42. The summed E-state index contributed by atoms with van der Waals surface area (Å²) < 4.78 is 18.4. The number of halogens is 1. The molecule has 0 saturated heterocycles. The Labute approximate surface area is 117 Å². The van der Waals surface area contributed by atoms with Gasteiger partial charge in [0.1, 0.15) is 5.82 Å². The highest BCUT2D eigenvalue weighted by atomic mass is 19.1. The molecule has 110 valence electrons. The number of carbonyl (C=O) groups is 2. The first-order valence-electron chi connectivity index (χ1n) is 6.23. The van der Waals surface area contributed by atoms with Gasteiger partial charge in [-0.25, -0.2) is 4.39 Å². The number of amides is 2. The molecule has 0 atom stereocenters. The van der Waals surface area contributed by atoms with Gasteiger partial charge in [-0.1, -0.05) is 11.6 Å². The van der Waals surface area contributed by atoms with Crippen LogP contribution in [0.1, 0.15) is 15.9 Å². The molecule has 5 nitrogen and oxygen atoms in total. The van der Waals surface area contributed by atoms with Crippen LogP contribution >= 0.6 is 0 Å². The molecule has 0 fully saturated rings. The number of likely N-dealkylation sites (N-methyl/N-ethyl adjacent to an activating group) is 1. The smallest absolute Gasteiger partial charge is 0.257 e. The molecule has 6 heteroatoms. The quantitative estimate of drug-likeness (QED) is 0.791. The molecule has 1 aromatic rings. The number of hydrogen-bond donors (Lipinski definition) is 1. The molecule has 1 aromatic carbocycles. The van der Waals surface area contributed by atoms with Gasteiger partial charge in [-0.05, 0) is 19.1 Å². The van der Waals surface area contributed by atoms with E-state index in [0.29, 0.717) is 13.2 Å². The Morgan fingerprint density at radius 1 is 1.40 bits per heavy atom. The van der Waals surface area contributed by atoms with Crippen LogP contribution in [-0.4, -0.2) is 50.6 Å². The molecule has 0 heterocycles. The summed E-state index contributed by atoms with van der Waals surface area (Å²) >= 11 is 0. The van der Waals surface area contributed by atoms with Gasteiger partial charge in [-0.3, -0.25) is 9.59 Å². The van der Waals surface area contributed by atoms with E-state index in [1.165, 1.54) is 31.2 Å². The van der Waals surface area contributed by atoms with Crippen molar-refractivity contribution in [1.82, 2.24) is 10.2 Å². The Kier molecular flexibility index (Phi) is 6.11. The van der Waals surface area contributed by atoms with Gasteiger partial charge in [0.2, 0.25) is 5.91 Å². The van der Waals surface area contributed by atoms with Crippen LogP contribution in [0.25, 0.3) is 0 Å². The first-order chi connectivity index (χ1) is 9.45. The minimum absolute atomic E-state index is 0.0304. The largest absolute Gasteiger partial charge is 0.383 e. The van der Waals surface area contributed by atoms with Gasteiger partial charge in [0, 0.05) is 20.7 Å². The number of carbonyl (C=O) groups excluding carboxylic acids is 2. The van der Waals surface area contributed by atoms with Crippen molar-refractivity contribution >= 4 is 11.8 Å². The molecule has 1 rings (SSSR count). The molecule has 0 aliphatic rings. The molecule has 0 radical (unpaired) electrons. The fourth-order valence-electron chi connectivity index (χ4n) is 1.64. The molecule has 20 heavy (non-hydrogen) atoms. The maximum Gasteiger partial charge on any atom is 0.257 e. The molecule has 0 aliphatic heterocycles. The van der Waals surface area contributed by atoms with Gasteiger partial charge >= 0.3 is 0 Å². The highest BCUT2D eigenvalue weighted by molar-refractivity contribution is 5.96. The molecule has 2 amide bonds. The summed E-state index contributed by atoms with van der Waals surface area (Å²) in [6.45, 7) is 2.41. The van der Waals surface area contributed by atoms with E-state index in [4.69, 9.17) is 4.74 Å². The van der Waals surface area contributed by atoms with Crippen molar-refractivity contribution in [2.75, 3.05) is 33.9 Å².